The fourth-order valence-electron chi connectivity index (χ4n) is 2.07. The highest BCUT2D eigenvalue weighted by atomic mass is 32.1. The summed E-state index contributed by atoms with van der Waals surface area (Å²) in [5, 5.41) is 3.85. The molecule has 2 amide bonds. The summed E-state index contributed by atoms with van der Waals surface area (Å²) in [6.07, 6.45) is 0.570. The van der Waals surface area contributed by atoms with Gasteiger partial charge in [-0.25, -0.2) is 0 Å². The van der Waals surface area contributed by atoms with Gasteiger partial charge in [-0.15, -0.1) is 5.10 Å². The van der Waals surface area contributed by atoms with Crippen molar-refractivity contribution in [2.45, 2.75) is 13.3 Å². The average Bonchev–Trinajstić information content (AvgIpc) is 3.13. The van der Waals surface area contributed by atoms with E-state index in [0.29, 0.717) is 34.2 Å². The predicted octanol–water partition coefficient (Wildman–Crippen LogP) is 1.20. The Morgan fingerprint density at radius 2 is 1.64 bits per heavy atom. The van der Waals surface area contributed by atoms with Gasteiger partial charge >= 0.3 is 0 Å². The minimum absolute atomic E-state index is 0.230. The van der Waals surface area contributed by atoms with Crippen LogP contribution in [0, 0.1) is 0 Å². The summed E-state index contributed by atoms with van der Waals surface area (Å²) in [5.41, 5.74) is 5.48. The fraction of sp³-hybridized carbons (Fsp3) is 0.333. The Bertz CT molecular complexity index is 752. The van der Waals surface area contributed by atoms with E-state index in [1.54, 1.807) is 0 Å². The van der Waals surface area contributed by atoms with E-state index in [1.165, 1.54) is 33.5 Å². The molecule has 1 aromatic carbocycles. The van der Waals surface area contributed by atoms with Crippen molar-refractivity contribution in [1.29, 1.82) is 0 Å². The van der Waals surface area contributed by atoms with E-state index in [1.807, 2.05) is 6.92 Å². The number of carbonyl (C=O) groups excluding carboxylic acids is 2. The molecule has 0 saturated carbocycles. The predicted molar refractivity (Wildman–Crippen MR) is 90.3 cm³/mol. The maximum absolute atomic E-state index is 12.3. The second-order valence-corrected chi connectivity index (χ2v) is 5.48. The van der Waals surface area contributed by atoms with Crippen molar-refractivity contribution in [3.8, 4) is 17.2 Å². The smallest absolute Gasteiger partial charge is 0.283 e. The molecule has 10 heteroatoms. The van der Waals surface area contributed by atoms with Crippen molar-refractivity contribution in [1.82, 2.24) is 20.4 Å². The summed E-state index contributed by atoms with van der Waals surface area (Å²) in [4.78, 5) is 24.8. The van der Waals surface area contributed by atoms with Gasteiger partial charge in [-0.2, -0.15) is 0 Å². The van der Waals surface area contributed by atoms with Crippen LogP contribution >= 0.6 is 11.5 Å². The Kier molecular flexibility index (Phi) is 6.12. The third-order valence-electron chi connectivity index (χ3n) is 3.31. The van der Waals surface area contributed by atoms with Gasteiger partial charge in [0.05, 0.1) is 27.0 Å². The number of methoxy groups -OCH3 is 3. The lowest BCUT2D eigenvalue weighted by molar-refractivity contribution is 0.0848. The maximum atomic E-state index is 12.3. The average molecular weight is 366 g/mol. The van der Waals surface area contributed by atoms with Crippen LogP contribution in [-0.4, -0.2) is 42.7 Å². The molecule has 0 aliphatic rings. The first-order valence-corrected chi connectivity index (χ1v) is 8.04. The number of nitrogens with one attached hydrogen (secondary N) is 2. The van der Waals surface area contributed by atoms with Crippen LogP contribution in [0.25, 0.3) is 0 Å². The molecule has 1 heterocycles. The Balaban J connectivity index is 2.14. The number of ether oxygens (including phenoxy) is 3. The number of aryl methyl sites for hydroxylation is 1. The van der Waals surface area contributed by atoms with E-state index in [9.17, 15) is 9.59 Å². The zero-order chi connectivity index (χ0) is 18.4. The first kappa shape index (κ1) is 18.5. The van der Waals surface area contributed by atoms with Crippen molar-refractivity contribution >= 4 is 23.3 Å². The number of benzene rings is 1. The second kappa shape index (κ2) is 8.29. The van der Waals surface area contributed by atoms with Gasteiger partial charge < -0.3 is 14.2 Å². The summed E-state index contributed by atoms with van der Waals surface area (Å²) in [5.74, 6) is 0.0150. The molecule has 0 fully saturated rings. The summed E-state index contributed by atoms with van der Waals surface area (Å²) >= 11 is 0.966. The molecule has 0 radical (unpaired) electrons. The summed E-state index contributed by atoms with van der Waals surface area (Å²) in [6, 6.07) is 2.96. The van der Waals surface area contributed by atoms with Gasteiger partial charge in [-0.05, 0) is 30.1 Å². The molecule has 0 spiro atoms. The van der Waals surface area contributed by atoms with Crippen LogP contribution in [0.2, 0.25) is 0 Å². The number of hydrazine groups is 1. The lowest BCUT2D eigenvalue weighted by Crippen LogP contribution is -2.41. The highest BCUT2D eigenvalue weighted by Gasteiger charge is 2.19. The molecule has 0 unspecified atom stereocenters. The van der Waals surface area contributed by atoms with Crippen molar-refractivity contribution in [3.63, 3.8) is 0 Å². The van der Waals surface area contributed by atoms with Crippen molar-refractivity contribution < 1.29 is 23.8 Å². The van der Waals surface area contributed by atoms with Gasteiger partial charge in [0.1, 0.15) is 4.88 Å². The third kappa shape index (κ3) is 3.97. The first-order valence-electron chi connectivity index (χ1n) is 7.27. The van der Waals surface area contributed by atoms with E-state index in [2.05, 4.69) is 20.4 Å². The van der Waals surface area contributed by atoms with E-state index in [-0.39, 0.29) is 5.56 Å². The summed E-state index contributed by atoms with van der Waals surface area (Å²) < 4.78 is 19.3. The minimum atomic E-state index is -0.539. The molecule has 9 nitrogen and oxygen atoms in total. The van der Waals surface area contributed by atoms with Crippen LogP contribution in [0.5, 0.6) is 17.2 Å². The fourth-order valence-corrected chi connectivity index (χ4v) is 2.71. The van der Waals surface area contributed by atoms with Gasteiger partial charge in [-0.3, -0.25) is 20.4 Å². The van der Waals surface area contributed by atoms with Crippen molar-refractivity contribution in [2.75, 3.05) is 21.3 Å². The molecule has 0 saturated heterocycles. The second-order valence-electron chi connectivity index (χ2n) is 4.72. The normalized spacial score (nSPS) is 10.1. The van der Waals surface area contributed by atoms with E-state index < -0.39 is 11.8 Å². The van der Waals surface area contributed by atoms with Crippen LogP contribution in [0.3, 0.4) is 0 Å². The molecule has 0 aliphatic carbocycles. The highest BCUT2D eigenvalue weighted by molar-refractivity contribution is 7.08. The highest BCUT2D eigenvalue weighted by Crippen LogP contribution is 2.38. The number of amides is 2. The molecule has 0 bridgehead atoms. The Hall–Kier alpha value is -2.88. The lowest BCUT2D eigenvalue weighted by atomic mass is 10.1. The SMILES string of the molecule is CCc1nnsc1C(=O)NNC(=O)c1cc(OC)c(OC)c(OC)c1. The number of hydrogen-bond acceptors (Lipinski definition) is 8. The molecule has 2 aromatic rings. The van der Waals surface area contributed by atoms with E-state index in [0.717, 1.165) is 11.5 Å². The van der Waals surface area contributed by atoms with Crippen LogP contribution in [-0.2, 0) is 6.42 Å². The van der Waals surface area contributed by atoms with Crippen LogP contribution in [0.1, 0.15) is 32.6 Å². The molecule has 0 atom stereocenters. The maximum Gasteiger partial charge on any atom is 0.283 e. The minimum Gasteiger partial charge on any atom is -0.493 e. The summed E-state index contributed by atoms with van der Waals surface area (Å²) in [7, 11) is 4.36. The number of rotatable bonds is 6. The zero-order valence-corrected chi connectivity index (χ0v) is 15.0. The molecule has 0 aliphatic heterocycles. The van der Waals surface area contributed by atoms with E-state index in [4.69, 9.17) is 14.2 Å². The Morgan fingerprint density at radius 1 is 1.04 bits per heavy atom. The monoisotopic (exact) mass is 366 g/mol. The number of aromatic nitrogens is 2. The number of carbonyl (C=O) groups is 2. The number of nitrogens with zero attached hydrogens (tertiary/aromatic N) is 2. The zero-order valence-electron chi connectivity index (χ0n) is 14.2. The van der Waals surface area contributed by atoms with Gasteiger partial charge in [0.2, 0.25) is 5.75 Å². The van der Waals surface area contributed by atoms with Crippen LogP contribution in [0.15, 0.2) is 12.1 Å². The Labute approximate surface area is 148 Å². The van der Waals surface area contributed by atoms with Gasteiger partial charge in [-0.1, -0.05) is 11.4 Å². The van der Waals surface area contributed by atoms with Gasteiger partial charge in [0.15, 0.2) is 11.5 Å². The quantitative estimate of drug-likeness (QED) is 0.739. The standard InChI is InChI=1S/C15H18N4O5S/c1-5-9-13(25-19-16-9)15(21)18-17-14(20)8-6-10(22-2)12(24-4)11(7-8)23-3/h6-7H,5H2,1-4H3,(H,17,20)(H,18,21). The van der Waals surface area contributed by atoms with Crippen molar-refractivity contribution in [2.24, 2.45) is 0 Å². The molecular formula is C15H18N4O5S. The largest absolute Gasteiger partial charge is 0.493 e. The number of hydrogen-bond donors (Lipinski definition) is 2. The van der Waals surface area contributed by atoms with Gasteiger partial charge in [0.25, 0.3) is 11.8 Å². The molecular weight excluding hydrogens is 348 g/mol. The summed E-state index contributed by atoms with van der Waals surface area (Å²) in [6.45, 7) is 1.86. The topological polar surface area (TPSA) is 112 Å². The Morgan fingerprint density at radius 3 is 2.16 bits per heavy atom. The molecule has 2 N–H and O–H groups in total. The van der Waals surface area contributed by atoms with Crippen LogP contribution in [0.4, 0.5) is 0 Å². The first-order chi connectivity index (χ1) is 12.0. The van der Waals surface area contributed by atoms with Gasteiger partial charge in [0, 0.05) is 5.56 Å². The molecule has 134 valence electrons. The van der Waals surface area contributed by atoms with Crippen molar-refractivity contribution in [3.05, 3.63) is 28.3 Å². The van der Waals surface area contributed by atoms with Crippen LogP contribution < -0.4 is 25.1 Å². The third-order valence-corrected chi connectivity index (χ3v) is 4.08. The van der Waals surface area contributed by atoms with E-state index >= 15 is 0 Å². The lowest BCUT2D eigenvalue weighted by Gasteiger charge is -2.14. The molecule has 1 aromatic heterocycles. The molecule has 25 heavy (non-hydrogen) atoms. The molecule has 2 rings (SSSR count).